The highest BCUT2D eigenvalue weighted by atomic mass is 16.4. The number of anilines is 3. The SMILES string of the molecule is Nc1cc(-c2ccccc2)ccc1N(Cc1ccccc1)c1ccc(-c2ccc3oc4c(ccc5c6ccccc6oc54)c3c2)cc1. The summed E-state index contributed by atoms with van der Waals surface area (Å²) in [6.45, 7) is 0.693. The zero-order valence-corrected chi connectivity index (χ0v) is 25.6. The lowest BCUT2D eigenvalue weighted by atomic mass is 10.0. The van der Waals surface area contributed by atoms with E-state index in [0.29, 0.717) is 6.54 Å². The van der Waals surface area contributed by atoms with Gasteiger partial charge in [-0.15, -0.1) is 0 Å². The van der Waals surface area contributed by atoms with Crippen LogP contribution in [0.1, 0.15) is 5.56 Å². The Morgan fingerprint density at radius 3 is 1.77 bits per heavy atom. The second-order valence-corrected chi connectivity index (χ2v) is 12.0. The Morgan fingerprint density at radius 1 is 0.447 bits per heavy atom. The molecule has 4 nitrogen and oxygen atoms in total. The first-order valence-corrected chi connectivity index (χ1v) is 15.8. The Hall–Kier alpha value is -6.26. The molecule has 0 radical (unpaired) electrons. The molecule has 0 aliphatic carbocycles. The van der Waals surface area contributed by atoms with Gasteiger partial charge in [0, 0.05) is 33.8 Å². The molecule has 224 valence electrons. The minimum atomic E-state index is 0.693. The van der Waals surface area contributed by atoms with Crippen molar-refractivity contribution in [3.8, 4) is 22.3 Å². The minimum Gasteiger partial charge on any atom is -0.452 e. The van der Waals surface area contributed by atoms with Crippen molar-refractivity contribution < 1.29 is 8.83 Å². The Bertz CT molecular complexity index is 2550. The lowest BCUT2D eigenvalue weighted by molar-refractivity contribution is 0.633. The number of nitrogen functional groups attached to an aromatic ring is 1. The van der Waals surface area contributed by atoms with Crippen LogP contribution in [0.25, 0.3) is 66.1 Å². The summed E-state index contributed by atoms with van der Waals surface area (Å²) in [4.78, 5) is 2.29. The van der Waals surface area contributed by atoms with E-state index in [1.54, 1.807) is 0 Å². The zero-order chi connectivity index (χ0) is 31.3. The second kappa shape index (κ2) is 11.0. The molecule has 2 N–H and O–H groups in total. The van der Waals surface area contributed by atoms with E-state index in [1.165, 1.54) is 5.56 Å². The first-order chi connectivity index (χ1) is 23.2. The van der Waals surface area contributed by atoms with E-state index >= 15 is 0 Å². The summed E-state index contributed by atoms with van der Waals surface area (Å²) in [6, 6.07) is 54.7. The number of hydrogen-bond acceptors (Lipinski definition) is 4. The number of nitrogens with two attached hydrogens (primary N) is 1. The highest BCUT2D eigenvalue weighted by molar-refractivity contribution is 6.19. The Kier molecular flexibility index (Phi) is 6.32. The number of rotatable bonds is 6. The van der Waals surface area contributed by atoms with E-state index in [2.05, 4.69) is 132 Å². The number of para-hydroxylation sites is 1. The van der Waals surface area contributed by atoms with E-state index in [4.69, 9.17) is 14.6 Å². The molecule has 0 fully saturated rings. The van der Waals surface area contributed by atoms with Crippen LogP contribution in [0.2, 0.25) is 0 Å². The van der Waals surface area contributed by atoms with Crippen LogP contribution in [0.3, 0.4) is 0 Å². The van der Waals surface area contributed by atoms with Gasteiger partial charge in [-0.05, 0) is 82.4 Å². The fourth-order valence-corrected chi connectivity index (χ4v) is 6.72. The van der Waals surface area contributed by atoms with Gasteiger partial charge < -0.3 is 19.5 Å². The fraction of sp³-hybridized carbons (Fsp3) is 0.0233. The van der Waals surface area contributed by atoms with Gasteiger partial charge in [0.15, 0.2) is 11.2 Å². The number of nitrogens with zero attached hydrogens (tertiary/aromatic N) is 1. The topological polar surface area (TPSA) is 55.5 Å². The summed E-state index contributed by atoms with van der Waals surface area (Å²) in [5.41, 5.74) is 18.5. The third-order valence-electron chi connectivity index (χ3n) is 9.10. The molecule has 9 aromatic rings. The summed E-state index contributed by atoms with van der Waals surface area (Å²) >= 11 is 0. The molecule has 9 rings (SSSR count). The summed E-state index contributed by atoms with van der Waals surface area (Å²) in [5, 5.41) is 4.29. The maximum Gasteiger partial charge on any atom is 0.178 e. The maximum absolute atomic E-state index is 6.76. The highest BCUT2D eigenvalue weighted by Crippen LogP contribution is 2.40. The van der Waals surface area contributed by atoms with Crippen molar-refractivity contribution in [1.29, 1.82) is 0 Å². The van der Waals surface area contributed by atoms with E-state index in [0.717, 1.165) is 83.2 Å². The maximum atomic E-state index is 6.76. The molecule has 47 heavy (non-hydrogen) atoms. The Morgan fingerprint density at radius 2 is 1.02 bits per heavy atom. The van der Waals surface area contributed by atoms with Crippen molar-refractivity contribution in [3.05, 3.63) is 163 Å². The third-order valence-corrected chi connectivity index (χ3v) is 9.10. The molecular weight excluding hydrogens is 576 g/mol. The third kappa shape index (κ3) is 4.70. The molecule has 0 saturated carbocycles. The van der Waals surface area contributed by atoms with Crippen molar-refractivity contribution in [1.82, 2.24) is 0 Å². The molecule has 4 heteroatoms. The van der Waals surface area contributed by atoms with Crippen LogP contribution >= 0.6 is 0 Å². The number of furan rings is 2. The standard InChI is InChI=1S/C43H30N2O2/c44-38-26-32(29-11-5-2-6-12-29)17-23-39(38)45(27-28-9-3-1-4-10-28)33-19-15-30(16-20-33)31-18-24-41-37(25-31)36-22-21-35-34-13-7-8-14-40(34)46-42(35)43(36)47-41/h1-26H,27,44H2. The average Bonchev–Trinajstić information content (AvgIpc) is 3.70. The predicted molar refractivity (Wildman–Crippen MR) is 195 cm³/mol. The molecule has 0 aliphatic heterocycles. The van der Waals surface area contributed by atoms with Crippen LogP contribution in [0, 0.1) is 0 Å². The van der Waals surface area contributed by atoms with Crippen LogP contribution < -0.4 is 10.6 Å². The first kappa shape index (κ1) is 27.1. The number of fused-ring (bicyclic) bond motifs is 7. The second-order valence-electron chi connectivity index (χ2n) is 12.0. The highest BCUT2D eigenvalue weighted by Gasteiger charge is 2.18. The van der Waals surface area contributed by atoms with Crippen LogP contribution in [0.5, 0.6) is 0 Å². The van der Waals surface area contributed by atoms with Gasteiger partial charge in [0.25, 0.3) is 0 Å². The fourth-order valence-electron chi connectivity index (χ4n) is 6.72. The van der Waals surface area contributed by atoms with Gasteiger partial charge in [-0.25, -0.2) is 0 Å². The van der Waals surface area contributed by atoms with Gasteiger partial charge in [0.2, 0.25) is 0 Å². The van der Waals surface area contributed by atoms with Gasteiger partial charge in [-0.2, -0.15) is 0 Å². The quantitative estimate of drug-likeness (QED) is 0.191. The Labute approximate surface area is 271 Å². The molecular formula is C43H30N2O2. The van der Waals surface area contributed by atoms with E-state index in [9.17, 15) is 0 Å². The van der Waals surface area contributed by atoms with Crippen LogP contribution in [-0.4, -0.2) is 0 Å². The van der Waals surface area contributed by atoms with Crippen molar-refractivity contribution in [3.63, 3.8) is 0 Å². The number of hydrogen-bond donors (Lipinski definition) is 1. The zero-order valence-electron chi connectivity index (χ0n) is 25.6. The average molecular weight is 607 g/mol. The van der Waals surface area contributed by atoms with Gasteiger partial charge in [0.05, 0.1) is 11.4 Å². The smallest absolute Gasteiger partial charge is 0.178 e. The first-order valence-electron chi connectivity index (χ1n) is 15.8. The molecule has 0 spiro atoms. The van der Waals surface area contributed by atoms with Crippen LogP contribution in [0.4, 0.5) is 17.1 Å². The largest absolute Gasteiger partial charge is 0.452 e. The summed E-state index contributed by atoms with van der Waals surface area (Å²) in [6.07, 6.45) is 0. The lowest BCUT2D eigenvalue weighted by Crippen LogP contribution is -2.18. The van der Waals surface area contributed by atoms with E-state index in [-0.39, 0.29) is 0 Å². The van der Waals surface area contributed by atoms with E-state index < -0.39 is 0 Å². The molecule has 0 bridgehead atoms. The van der Waals surface area contributed by atoms with Crippen molar-refractivity contribution in [2.75, 3.05) is 10.6 Å². The molecule has 0 atom stereocenters. The molecule has 0 saturated heterocycles. The molecule has 0 amide bonds. The molecule has 7 aromatic carbocycles. The number of benzene rings is 7. The van der Waals surface area contributed by atoms with Crippen molar-refractivity contribution in [2.24, 2.45) is 0 Å². The molecule has 2 aromatic heterocycles. The summed E-state index contributed by atoms with van der Waals surface area (Å²) in [7, 11) is 0. The monoisotopic (exact) mass is 606 g/mol. The molecule has 0 unspecified atom stereocenters. The predicted octanol–water partition coefficient (Wildman–Crippen LogP) is 11.7. The van der Waals surface area contributed by atoms with Crippen LogP contribution in [-0.2, 0) is 6.54 Å². The van der Waals surface area contributed by atoms with Crippen molar-refractivity contribution >= 4 is 60.9 Å². The molecule has 0 aliphatic rings. The minimum absolute atomic E-state index is 0.693. The summed E-state index contributed by atoms with van der Waals surface area (Å²) in [5.74, 6) is 0. The molecule has 2 heterocycles. The lowest BCUT2D eigenvalue weighted by Gasteiger charge is -2.27. The summed E-state index contributed by atoms with van der Waals surface area (Å²) < 4.78 is 12.6. The normalized spacial score (nSPS) is 11.6. The van der Waals surface area contributed by atoms with Gasteiger partial charge in [-0.1, -0.05) is 103 Å². The van der Waals surface area contributed by atoms with Gasteiger partial charge in [0.1, 0.15) is 11.2 Å². The van der Waals surface area contributed by atoms with Gasteiger partial charge >= 0.3 is 0 Å². The van der Waals surface area contributed by atoms with Crippen molar-refractivity contribution in [2.45, 2.75) is 6.54 Å². The van der Waals surface area contributed by atoms with Crippen LogP contribution in [0.15, 0.2) is 167 Å². The Balaban J connectivity index is 1.09. The van der Waals surface area contributed by atoms with Gasteiger partial charge in [-0.3, -0.25) is 0 Å². The van der Waals surface area contributed by atoms with E-state index in [1.807, 2.05) is 30.3 Å².